The standard InChI is InChI=1S/C12H19N3O2/c13-6-7-14-8-9-15-12(16)17-10-11-4-2-1-3-5-11/h1-5,14H,6-10,13H2,(H,15,16). The van der Waals surface area contributed by atoms with E-state index in [9.17, 15) is 4.79 Å². The minimum Gasteiger partial charge on any atom is -0.445 e. The normalized spacial score (nSPS) is 9.94. The molecule has 1 aromatic rings. The molecule has 0 radical (unpaired) electrons. The highest BCUT2D eigenvalue weighted by atomic mass is 16.5. The van der Waals surface area contributed by atoms with Gasteiger partial charge in [0.1, 0.15) is 6.61 Å². The van der Waals surface area contributed by atoms with Gasteiger partial charge >= 0.3 is 6.09 Å². The molecule has 0 fully saturated rings. The van der Waals surface area contributed by atoms with Gasteiger partial charge in [-0.3, -0.25) is 0 Å². The number of carbonyl (C=O) groups excluding carboxylic acids is 1. The van der Waals surface area contributed by atoms with Crippen molar-refractivity contribution >= 4 is 6.09 Å². The first-order chi connectivity index (χ1) is 8.33. The van der Waals surface area contributed by atoms with Crippen LogP contribution in [0.15, 0.2) is 30.3 Å². The van der Waals surface area contributed by atoms with Gasteiger partial charge < -0.3 is 21.1 Å². The van der Waals surface area contributed by atoms with Crippen molar-refractivity contribution in [1.82, 2.24) is 10.6 Å². The van der Waals surface area contributed by atoms with Crippen LogP contribution in [0.25, 0.3) is 0 Å². The highest BCUT2D eigenvalue weighted by molar-refractivity contribution is 5.67. The smallest absolute Gasteiger partial charge is 0.407 e. The fourth-order valence-electron chi connectivity index (χ4n) is 1.25. The maximum Gasteiger partial charge on any atom is 0.407 e. The van der Waals surface area contributed by atoms with Crippen LogP contribution in [0.5, 0.6) is 0 Å². The fourth-order valence-corrected chi connectivity index (χ4v) is 1.25. The summed E-state index contributed by atoms with van der Waals surface area (Å²) in [6, 6.07) is 9.57. The van der Waals surface area contributed by atoms with Crippen LogP contribution < -0.4 is 16.4 Å². The van der Waals surface area contributed by atoms with Gasteiger partial charge in [0.15, 0.2) is 0 Å². The van der Waals surface area contributed by atoms with E-state index in [0.717, 1.165) is 12.1 Å². The van der Waals surface area contributed by atoms with Crippen molar-refractivity contribution in [3.8, 4) is 0 Å². The van der Waals surface area contributed by atoms with E-state index in [4.69, 9.17) is 10.5 Å². The van der Waals surface area contributed by atoms with Gasteiger partial charge in [-0.05, 0) is 5.56 Å². The van der Waals surface area contributed by atoms with Crippen LogP contribution in [0.3, 0.4) is 0 Å². The Labute approximate surface area is 101 Å². The van der Waals surface area contributed by atoms with Crippen LogP contribution in [0, 0.1) is 0 Å². The average Bonchev–Trinajstić information content (AvgIpc) is 2.37. The molecule has 0 heterocycles. The lowest BCUT2D eigenvalue weighted by molar-refractivity contribution is 0.139. The van der Waals surface area contributed by atoms with E-state index in [1.165, 1.54) is 0 Å². The Morgan fingerprint density at radius 3 is 2.65 bits per heavy atom. The van der Waals surface area contributed by atoms with Crippen LogP contribution in [0.4, 0.5) is 4.79 Å². The Morgan fingerprint density at radius 2 is 1.94 bits per heavy atom. The highest BCUT2D eigenvalue weighted by Gasteiger charge is 2.00. The minimum atomic E-state index is -0.400. The van der Waals surface area contributed by atoms with Crippen molar-refractivity contribution in [2.45, 2.75) is 6.61 Å². The molecular weight excluding hydrogens is 218 g/mol. The van der Waals surface area contributed by atoms with Gasteiger partial charge in [0.2, 0.25) is 0 Å². The van der Waals surface area contributed by atoms with Gasteiger partial charge in [-0.1, -0.05) is 30.3 Å². The van der Waals surface area contributed by atoms with E-state index in [1.54, 1.807) is 0 Å². The molecule has 1 amide bonds. The van der Waals surface area contributed by atoms with E-state index < -0.39 is 6.09 Å². The molecule has 94 valence electrons. The van der Waals surface area contributed by atoms with Crippen LogP contribution in [-0.4, -0.2) is 32.3 Å². The molecule has 17 heavy (non-hydrogen) atoms. The number of amides is 1. The molecule has 0 bridgehead atoms. The topological polar surface area (TPSA) is 76.4 Å². The van der Waals surface area contributed by atoms with E-state index in [0.29, 0.717) is 26.2 Å². The van der Waals surface area contributed by atoms with Crippen molar-refractivity contribution < 1.29 is 9.53 Å². The monoisotopic (exact) mass is 237 g/mol. The van der Waals surface area contributed by atoms with Crippen LogP contribution >= 0.6 is 0 Å². The Morgan fingerprint density at radius 1 is 1.18 bits per heavy atom. The molecule has 0 saturated carbocycles. The second kappa shape index (κ2) is 8.55. The lowest BCUT2D eigenvalue weighted by Crippen LogP contribution is -2.34. The molecule has 5 nitrogen and oxygen atoms in total. The largest absolute Gasteiger partial charge is 0.445 e. The molecule has 0 aliphatic carbocycles. The number of benzene rings is 1. The number of nitrogens with one attached hydrogen (secondary N) is 2. The molecule has 5 heteroatoms. The molecule has 0 aliphatic heterocycles. The highest BCUT2D eigenvalue weighted by Crippen LogP contribution is 2.00. The first kappa shape index (κ1) is 13.5. The quantitative estimate of drug-likeness (QED) is 0.602. The molecule has 1 rings (SSSR count). The van der Waals surface area contributed by atoms with Gasteiger partial charge in [0, 0.05) is 26.2 Å². The van der Waals surface area contributed by atoms with E-state index in [1.807, 2.05) is 30.3 Å². The minimum absolute atomic E-state index is 0.295. The van der Waals surface area contributed by atoms with Gasteiger partial charge in [-0.2, -0.15) is 0 Å². The molecule has 0 unspecified atom stereocenters. The summed E-state index contributed by atoms with van der Waals surface area (Å²) in [4.78, 5) is 11.3. The summed E-state index contributed by atoms with van der Waals surface area (Å²) in [5.41, 5.74) is 6.28. The predicted octanol–water partition coefficient (Wildman–Crippen LogP) is 0.461. The lowest BCUT2D eigenvalue weighted by Gasteiger charge is -2.07. The van der Waals surface area contributed by atoms with Gasteiger partial charge in [0.25, 0.3) is 0 Å². The van der Waals surface area contributed by atoms with Crippen molar-refractivity contribution in [2.75, 3.05) is 26.2 Å². The first-order valence-corrected chi connectivity index (χ1v) is 5.68. The number of nitrogens with two attached hydrogens (primary N) is 1. The first-order valence-electron chi connectivity index (χ1n) is 5.68. The molecular formula is C12H19N3O2. The Balaban J connectivity index is 2.05. The van der Waals surface area contributed by atoms with E-state index in [-0.39, 0.29) is 0 Å². The van der Waals surface area contributed by atoms with E-state index >= 15 is 0 Å². The molecule has 1 aromatic carbocycles. The zero-order chi connectivity index (χ0) is 12.3. The number of carbonyl (C=O) groups is 1. The summed E-state index contributed by atoms with van der Waals surface area (Å²) < 4.78 is 5.03. The lowest BCUT2D eigenvalue weighted by atomic mass is 10.2. The van der Waals surface area contributed by atoms with Crippen molar-refractivity contribution in [2.24, 2.45) is 5.73 Å². The molecule has 0 atom stereocenters. The summed E-state index contributed by atoms with van der Waals surface area (Å²) in [6.07, 6.45) is -0.400. The third-order valence-electron chi connectivity index (χ3n) is 2.10. The Hall–Kier alpha value is -1.59. The molecule has 4 N–H and O–H groups in total. The SMILES string of the molecule is NCCNCCNC(=O)OCc1ccccc1. The summed E-state index contributed by atoms with van der Waals surface area (Å²) in [7, 11) is 0. The Kier molecular flexibility index (Phi) is 6.78. The molecule has 0 saturated heterocycles. The van der Waals surface area contributed by atoms with Gasteiger partial charge in [-0.15, -0.1) is 0 Å². The third kappa shape index (κ3) is 6.55. The Bertz CT molecular complexity index is 317. The zero-order valence-corrected chi connectivity index (χ0v) is 9.82. The second-order valence-corrected chi connectivity index (χ2v) is 3.53. The predicted molar refractivity (Wildman–Crippen MR) is 66.6 cm³/mol. The summed E-state index contributed by atoms with van der Waals surface area (Å²) in [5, 5.41) is 5.72. The van der Waals surface area contributed by atoms with Crippen molar-refractivity contribution in [3.05, 3.63) is 35.9 Å². The molecule has 0 spiro atoms. The summed E-state index contributed by atoms with van der Waals surface area (Å²) in [5.74, 6) is 0. The van der Waals surface area contributed by atoms with Crippen LogP contribution in [0.1, 0.15) is 5.56 Å². The second-order valence-electron chi connectivity index (χ2n) is 3.53. The van der Waals surface area contributed by atoms with Crippen molar-refractivity contribution in [1.29, 1.82) is 0 Å². The number of ether oxygens (including phenoxy) is 1. The van der Waals surface area contributed by atoms with E-state index in [2.05, 4.69) is 10.6 Å². The molecule has 0 aliphatic rings. The fraction of sp³-hybridized carbons (Fsp3) is 0.417. The number of rotatable bonds is 7. The summed E-state index contributed by atoms with van der Waals surface area (Å²) in [6.45, 7) is 2.87. The number of alkyl carbamates (subject to hydrolysis) is 1. The van der Waals surface area contributed by atoms with Gasteiger partial charge in [0.05, 0.1) is 0 Å². The zero-order valence-electron chi connectivity index (χ0n) is 9.82. The van der Waals surface area contributed by atoms with Crippen LogP contribution in [0.2, 0.25) is 0 Å². The van der Waals surface area contributed by atoms with Gasteiger partial charge in [-0.25, -0.2) is 4.79 Å². The van der Waals surface area contributed by atoms with Crippen LogP contribution in [-0.2, 0) is 11.3 Å². The molecule has 0 aromatic heterocycles. The summed E-state index contributed by atoms with van der Waals surface area (Å²) >= 11 is 0. The number of hydrogen-bond acceptors (Lipinski definition) is 4. The third-order valence-corrected chi connectivity index (χ3v) is 2.10. The van der Waals surface area contributed by atoms with Crippen molar-refractivity contribution in [3.63, 3.8) is 0 Å². The maximum atomic E-state index is 11.3. The average molecular weight is 237 g/mol. The number of hydrogen-bond donors (Lipinski definition) is 3. The maximum absolute atomic E-state index is 11.3.